The second kappa shape index (κ2) is 6.50. The highest BCUT2D eigenvalue weighted by molar-refractivity contribution is 7.89. The third-order valence-corrected chi connectivity index (χ3v) is 4.99. The van der Waals surface area contributed by atoms with E-state index < -0.39 is 10.0 Å². The van der Waals surface area contributed by atoms with Gasteiger partial charge in [0.1, 0.15) is 0 Å². The zero-order chi connectivity index (χ0) is 13.7. The summed E-state index contributed by atoms with van der Waals surface area (Å²) in [5.41, 5.74) is 2.26. The topological polar surface area (TPSA) is 58.2 Å². The van der Waals surface area contributed by atoms with E-state index in [2.05, 4.69) is 17.0 Å². The molecule has 19 heavy (non-hydrogen) atoms. The molecular weight excluding hydrogens is 260 g/mol. The Balaban J connectivity index is 1.93. The Morgan fingerprint density at radius 3 is 2.68 bits per heavy atom. The molecule has 1 saturated heterocycles. The van der Waals surface area contributed by atoms with Gasteiger partial charge in [-0.1, -0.05) is 31.2 Å². The lowest BCUT2D eigenvalue weighted by atomic mass is 10.1. The average molecular weight is 282 g/mol. The number of hydrogen-bond donors (Lipinski definition) is 2. The van der Waals surface area contributed by atoms with Crippen molar-refractivity contribution in [2.24, 2.45) is 0 Å². The quantitative estimate of drug-likeness (QED) is 0.829. The van der Waals surface area contributed by atoms with Gasteiger partial charge in [-0.2, -0.15) is 0 Å². The molecule has 0 aromatic heterocycles. The van der Waals surface area contributed by atoms with Crippen molar-refractivity contribution < 1.29 is 8.42 Å². The Hall–Kier alpha value is -0.910. The van der Waals surface area contributed by atoms with E-state index in [-0.39, 0.29) is 11.8 Å². The second-order valence-corrected chi connectivity index (χ2v) is 6.87. The molecule has 4 nitrogen and oxygen atoms in total. The van der Waals surface area contributed by atoms with Gasteiger partial charge in [0.25, 0.3) is 0 Å². The van der Waals surface area contributed by atoms with Gasteiger partial charge in [0.05, 0.1) is 5.75 Å². The fraction of sp³-hybridized carbons (Fsp3) is 0.571. The van der Waals surface area contributed by atoms with E-state index in [0.29, 0.717) is 6.54 Å². The van der Waals surface area contributed by atoms with Crippen LogP contribution in [0.25, 0.3) is 0 Å². The summed E-state index contributed by atoms with van der Waals surface area (Å²) in [6.45, 7) is 3.40. The summed E-state index contributed by atoms with van der Waals surface area (Å²) in [4.78, 5) is 0. The van der Waals surface area contributed by atoms with E-state index in [0.717, 1.165) is 31.4 Å². The molecule has 0 radical (unpaired) electrons. The minimum atomic E-state index is -3.20. The van der Waals surface area contributed by atoms with Crippen LogP contribution in [0.4, 0.5) is 0 Å². The third kappa shape index (κ3) is 4.30. The lowest BCUT2D eigenvalue weighted by molar-refractivity contribution is 0.563. The summed E-state index contributed by atoms with van der Waals surface area (Å²) in [5, 5.41) is 3.21. The normalized spacial score (nSPS) is 19.7. The minimum absolute atomic E-state index is 0.110. The molecule has 1 heterocycles. The number of sulfonamides is 1. The van der Waals surface area contributed by atoms with Crippen LogP contribution in [-0.4, -0.2) is 26.8 Å². The van der Waals surface area contributed by atoms with Crippen LogP contribution < -0.4 is 10.0 Å². The molecule has 1 aromatic rings. The summed E-state index contributed by atoms with van der Waals surface area (Å²) < 4.78 is 26.7. The van der Waals surface area contributed by atoms with E-state index in [9.17, 15) is 8.42 Å². The molecule has 2 rings (SSSR count). The van der Waals surface area contributed by atoms with Crippen LogP contribution in [-0.2, 0) is 23.0 Å². The molecule has 0 bridgehead atoms. The predicted octanol–water partition coefficient (Wildman–Crippen LogP) is 1.42. The molecule has 1 aromatic carbocycles. The fourth-order valence-electron chi connectivity index (χ4n) is 2.49. The molecule has 0 amide bonds. The van der Waals surface area contributed by atoms with Gasteiger partial charge in [0.15, 0.2) is 0 Å². The highest BCUT2D eigenvalue weighted by Crippen LogP contribution is 2.11. The zero-order valence-electron chi connectivity index (χ0n) is 11.4. The summed E-state index contributed by atoms with van der Waals surface area (Å²) in [5.74, 6) is 0.182. The maximum Gasteiger partial charge on any atom is 0.213 e. The molecule has 5 heteroatoms. The third-order valence-electron chi connectivity index (χ3n) is 3.56. The molecule has 1 aliphatic rings. The lowest BCUT2D eigenvalue weighted by Crippen LogP contribution is -2.36. The van der Waals surface area contributed by atoms with E-state index in [1.807, 2.05) is 24.3 Å². The largest absolute Gasteiger partial charge is 0.313 e. The Morgan fingerprint density at radius 1 is 1.32 bits per heavy atom. The van der Waals surface area contributed by atoms with Gasteiger partial charge in [-0.25, -0.2) is 13.1 Å². The van der Waals surface area contributed by atoms with Crippen LogP contribution in [0.3, 0.4) is 0 Å². The Morgan fingerprint density at radius 2 is 2.05 bits per heavy atom. The van der Waals surface area contributed by atoms with E-state index >= 15 is 0 Å². The van der Waals surface area contributed by atoms with Gasteiger partial charge in [-0.3, -0.25) is 0 Å². The van der Waals surface area contributed by atoms with Gasteiger partial charge in [-0.05, 0) is 36.9 Å². The Kier molecular flexibility index (Phi) is 4.96. The van der Waals surface area contributed by atoms with Crippen molar-refractivity contribution in [1.82, 2.24) is 10.0 Å². The van der Waals surface area contributed by atoms with Gasteiger partial charge in [0, 0.05) is 12.6 Å². The minimum Gasteiger partial charge on any atom is -0.313 e. The standard InChI is InChI=1S/C14H22N2O2S/c1-2-12-6-3-4-7-13(12)10-16-19(17,18)11-14-8-5-9-15-14/h3-4,6-7,14-16H,2,5,8-11H2,1H3. The van der Waals surface area contributed by atoms with Crippen LogP contribution in [0, 0.1) is 0 Å². The highest BCUT2D eigenvalue weighted by Gasteiger charge is 2.21. The molecule has 2 N–H and O–H groups in total. The van der Waals surface area contributed by atoms with Crippen molar-refractivity contribution in [3.8, 4) is 0 Å². The molecule has 0 saturated carbocycles. The summed E-state index contributed by atoms with van der Waals surface area (Å²) in [7, 11) is -3.20. The average Bonchev–Trinajstić information content (AvgIpc) is 2.89. The number of nitrogens with one attached hydrogen (secondary N) is 2. The number of rotatable bonds is 6. The predicted molar refractivity (Wildman–Crippen MR) is 77.5 cm³/mol. The van der Waals surface area contributed by atoms with E-state index in [1.165, 1.54) is 5.56 Å². The van der Waals surface area contributed by atoms with Crippen LogP contribution in [0.1, 0.15) is 30.9 Å². The molecule has 0 spiro atoms. The fourth-order valence-corrected chi connectivity index (χ4v) is 3.79. The molecule has 1 aliphatic heterocycles. The summed E-state index contributed by atoms with van der Waals surface area (Å²) in [6.07, 6.45) is 2.94. The first kappa shape index (κ1) is 14.5. The van der Waals surface area contributed by atoms with Crippen molar-refractivity contribution in [3.63, 3.8) is 0 Å². The van der Waals surface area contributed by atoms with Crippen molar-refractivity contribution in [3.05, 3.63) is 35.4 Å². The Labute approximate surface area is 115 Å². The number of benzene rings is 1. The molecule has 0 aliphatic carbocycles. The van der Waals surface area contributed by atoms with Crippen LogP contribution in [0.2, 0.25) is 0 Å². The first-order valence-electron chi connectivity index (χ1n) is 6.88. The zero-order valence-corrected chi connectivity index (χ0v) is 12.2. The Bertz CT molecular complexity index is 508. The van der Waals surface area contributed by atoms with Crippen molar-refractivity contribution in [2.45, 2.75) is 38.8 Å². The number of aryl methyl sites for hydroxylation is 1. The molecule has 1 unspecified atom stereocenters. The van der Waals surface area contributed by atoms with Crippen molar-refractivity contribution in [2.75, 3.05) is 12.3 Å². The maximum absolute atomic E-state index is 12.0. The molecular formula is C14H22N2O2S. The highest BCUT2D eigenvalue weighted by atomic mass is 32.2. The van der Waals surface area contributed by atoms with Gasteiger partial charge in [-0.15, -0.1) is 0 Å². The van der Waals surface area contributed by atoms with Crippen LogP contribution in [0.15, 0.2) is 24.3 Å². The summed E-state index contributed by atoms with van der Waals surface area (Å²) in [6, 6.07) is 8.07. The second-order valence-electron chi connectivity index (χ2n) is 5.02. The van der Waals surface area contributed by atoms with Crippen molar-refractivity contribution in [1.29, 1.82) is 0 Å². The first-order chi connectivity index (χ1) is 9.11. The van der Waals surface area contributed by atoms with Crippen LogP contribution in [0.5, 0.6) is 0 Å². The maximum atomic E-state index is 12.0. The van der Waals surface area contributed by atoms with Gasteiger partial charge >= 0.3 is 0 Å². The molecule has 1 atom stereocenters. The van der Waals surface area contributed by atoms with Gasteiger partial charge < -0.3 is 5.32 Å². The smallest absolute Gasteiger partial charge is 0.213 e. The lowest BCUT2D eigenvalue weighted by Gasteiger charge is -2.13. The SMILES string of the molecule is CCc1ccccc1CNS(=O)(=O)CC1CCCN1. The summed E-state index contributed by atoms with van der Waals surface area (Å²) >= 11 is 0. The first-order valence-corrected chi connectivity index (χ1v) is 8.53. The molecule has 1 fully saturated rings. The van der Waals surface area contributed by atoms with E-state index in [4.69, 9.17) is 0 Å². The van der Waals surface area contributed by atoms with Gasteiger partial charge in [0.2, 0.25) is 10.0 Å². The van der Waals surface area contributed by atoms with Crippen LogP contribution >= 0.6 is 0 Å². The van der Waals surface area contributed by atoms with Crippen molar-refractivity contribution >= 4 is 10.0 Å². The molecule has 106 valence electrons. The monoisotopic (exact) mass is 282 g/mol. The number of hydrogen-bond acceptors (Lipinski definition) is 3. The van der Waals surface area contributed by atoms with E-state index in [1.54, 1.807) is 0 Å².